The number of likely N-dealkylation sites (tertiary alicyclic amines) is 1. The number of hydrogen-bond donors (Lipinski definition) is 2. The number of amides is 2. The number of aryl methyl sites for hydroxylation is 1. The lowest BCUT2D eigenvalue weighted by molar-refractivity contribution is -0.139. The van der Waals surface area contributed by atoms with Gasteiger partial charge in [0, 0.05) is 50.2 Å². The Morgan fingerprint density at radius 1 is 1.15 bits per heavy atom. The van der Waals surface area contributed by atoms with Gasteiger partial charge in [-0.3, -0.25) is 4.98 Å². The molecule has 0 saturated carbocycles. The van der Waals surface area contributed by atoms with Crippen molar-refractivity contribution in [2.75, 3.05) is 32.0 Å². The number of H-pyrrole nitrogens is 1. The van der Waals surface area contributed by atoms with Crippen molar-refractivity contribution in [1.29, 1.82) is 0 Å². The summed E-state index contributed by atoms with van der Waals surface area (Å²) in [5.74, 6) is 0.634. The highest BCUT2D eigenvalue weighted by atomic mass is 19.4. The molecular formula is C28H28F3N7O3. The fraction of sp³-hybridized carbons (Fsp3) is 0.357. The summed E-state index contributed by atoms with van der Waals surface area (Å²) in [5, 5.41) is 3.39. The number of nitrogens with one attached hydrogen (secondary N) is 2. The minimum atomic E-state index is -4.70. The number of aromatic amines is 1. The molecule has 1 fully saturated rings. The van der Waals surface area contributed by atoms with Crippen LogP contribution in [0.25, 0.3) is 11.0 Å². The number of ether oxygens (including phenoxy) is 2. The number of fused-ring (bicyclic) bond motifs is 2. The van der Waals surface area contributed by atoms with Crippen LogP contribution < -0.4 is 14.8 Å². The van der Waals surface area contributed by atoms with Gasteiger partial charge in [0.2, 0.25) is 5.88 Å². The van der Waals surface area contributed by atoms with E-state index in [1.54, 1.807) is 18.5 Å². The first-order chi connectivity index (χ1) is 19.6. The van der Waals surface area contributed by atoms with Gasteiger partial charge >= 0.3 is 12.2 Å². The SMILES string of the molecule is Cc1cc2c(Oc3cnc4c(c3)CN(C(=O)Nc3cnc(O[C@H]5CCN(C)C5)c(C(F)(F)F)c3)CC4)ccnc2[nH]1. The van der Waals surface area contributed by atoms with E-state index in [1.807, 2.05) is 31.0 Å². The molecule has 0 radical (unpaired) electrons. The Morgan fingerprint density at radius 2 is 2.00 bits per heavy atom. The maximum absolute atomic E-state index is 13.8. The average molecular weight is 568 g/mol. The molecular weight excluding hydrogens is 539 g/mol. The summed E-state index contributed by atoms with van der Waals surface area (Å²) in [6.07, 6.45) is 0.513. The van der Waals surface area contributed by atoms with Gasteiger partial charge in [-0.25, -0.2) is 14.8 Å². The zero-order chi connectivity index (χ0) is 28.7. The second kappa shape index (κ2) is 10.5. The zero-order valence-electron chi connectivity index (χ0n) is 22.5. The number of carbonyl (C=O) groups is 1. The van der Waals surface area contributed by atoms with Crippen LogP contribution in [0.5, 0.6) is 17.4 Å². The van der Waals surface area contributed by atoms with Crippen LogP contribution in [0.3, 0.4) is 0 Å². The molecule has 0 unspecified atom stereocenters. The third-order valence-corrected chi connectivity index (χ3v) is 7.19. The van der Waals surface area contributed by atoms with E-state index in [0.717, 1.165) is 34.9 Å². The standard InChI is InChI=1S/C28H28F3N7O3/c1-16-9-21-24(3-6-32-25(21)35-16)40-20-10-17-14-38(8-5-23(17)33-13-20)27(39)36-18-11-22(28(29,30)31)26(34-12-18)41-19-4-7-37(2)15-19/h3,6,9-13,19H,4-5,7-8,14-15H2,1-2H3,(H,32,35)(H,36,39)/t19-/m0/s1. The predicted octanol–water partition coefficient (Wildman–Crippen LogP) is 5.15. The van der Waals surface area contributed by atoms with Crippen LogP contribution in [0.4, 0.5) is 23.7 Å². The number of anilines is 1. The number of urea groups is 1. The molecule has 214 valence electrons. The summed E-state index contributed by atoms with van der Waals surface area (Å²) in [7, 11) is 1.88. The lowest BCUT2D eigenvalue weighted by atomic mass is 10.1. The van der Waals surface area contributed by atoms with E-state index in [2.05, 4.69) is 25.3 Å². The Bertz CT molecular complexity index is 1610. The number of hydrogen-bond acceptors (Lipinski definition) is 7. The molecule has 4 aromatic rings. The van der Waals surface area contributed by atoms with Gasteiger partial charge in [-0.2, -0.15) is 13.2 Å². The summed E-state index contributed by atoms with van der Waals surface area (Å²) >= 11 is 0. The van der Waals surface area contributed by atoms with Crippen molar-refractivity contribution in [1.82, 2.24) is 29.7 Å². The van der Waals surface area contributed by atoms with Gasteiger partial charge in [0.15, 0.2) is 0 Å². The molecule has 2 aliphatic heterocycles. The zero-order valence-corrected chi connectivity index (χ0v) is 22.5. The summed E-state index contributed by atoms with van der Waals surface area (Å²) < 4.78 is 53.2. The molecule has 10 nitrogen and oxygen atoms in total. The first-order valence-corrected chi connectivity index (χ1v) is 13.2. The number of carbonyl (C=O) groups excluding carboxylic acids is 1. The van der Waals surface area contributed by atoms with E-state index in [0.29, 0.717) is 43.1 Å². The molecule has 0 aliphatic carbocycles. The number of rotatable bonds is 5. The number of nitrogens with zero attached hydrogens (tertiary/aromatic N) is 5. The van der Waals surface area contributed by atoms with Crippen molar-refractivity contribution in [3.63, 3.8) is 0 Å². The predicted molar refractivity (Wildman–Crippen MR) is 144 cm³/mol. The summed E-state index contributed by atoms with van der Waals surface area (Å²) in [5.41, 5.74) is 2.20. The van der Waals surface area contributed by atoms with E-state index in [4.69, 9.17) is 9.47 Å². The normalized spacial score (nSPS) is 17.5. The molecule has 0 spiro atoms. The van der Waals surface area contributed by atoms with Gasteiger partial charge in [0.25, 0.3) is 0 Å². The smallest absolute Gasteiger partial charge is 0.421 e. The molecule has 41 heavy (non-hydrogen) atoms. The van der Waals surface area contributed by atoms with Gasteiger partial charge in [-0.1, -0.05) is 0 Å². The van der Waals surface area contributed by atoms with Crippen LogP contribution in [0, 0.1) is 6.92 Å². The van der Waals surface area contributed by atoms with Gasteiger partial charge in [-0.15, -0.1) is 0 Å². The van der Waals surface area contributed by atoms with E-state index in [-0.39, 0.29) is 18.3 Å². The molecule has 2 N–H and O–H groups in total. The Balaban J connectivity index is 1.16. The lowest BCUT2D eigenvalue weighted by Gasteiger charge is -2.28. The van der Waals surface area contributed by atoms with Gasteiger partial charge in [-0.05, 0) is 50.2 Å². The van der Waals surface area contributed by atoms with Gasteiger partial charge in [0.05, 0.1) is 23.5 Å². The monoisotopic (exact) mass is 567 g/mol. The second-order valence-corrected chi connectivity index (χ2v) is 10.4. The molecule has 1 atom stereocenters. The van der Waals surface area contributed by atoms with Crippen molar-refractivity contribution in [2.24, 2.45) is 0 Å². The highest BCUT2D eigenvalue weighted by Crippen LogP contribution is 2.37. The number of pyridine rings is 3. The Labute approximate surface area is 233 Å². The maximum Gasteiger partial charge on any atom is 0.421 e. The highest BCUT2D eigenvalue weighted by Gasteiger charge is 2.37. The molecule has 2 amide bonds. The quantitative estimate of drug-likeness (QED) is 0.344. The Hall–Kier alpha value is -4.39. The number of aromatic nitrogens is 4. The Morgan fingerprint density at radius 3 is 2.78 bits per heavy atom. The first kappa shape index (κ1) is 26.8. The minimum Gasteiger partial charge on any atom is -0.473 e. The average Bonchev–Trinajstić information content (AvgIpc) is 3.53. The van der Waals surface area contributed by atoms with Crippen molar-refractivity contribution >= 4 is 22.8 Å². The second-order valence-electron chi connectivity index (χ2n) is 10.4. The minimum absolute atomic E-state index is 0.0669. The topological polar surface area (TPSA) is 108 Å². The van der Waals surface area contributed by atoms with Crippen LogP contribution in [0.15, 0.2) is 42.9 Å². The number of alkyl halides is 3. The van der Waals surface area contributed by atoms with E-state index >= 15 is 0 Å². The first-order valence-electron chi connectivity index (χ1n) is 13.2. The third-order valence-electron chi connectivity index (χ3n) is 7.19. The number of likely N-dealkylation sites (N-methyl/N-ethyl adjacent to an activating group) is 1. The van der Waals surface area contributed by atoms with Crippen LogP contribution in [-0.2, 0) is 19.1 Å². The van der Waals surface area contributed by atoms with Crippen molar-refractivity contribution in [2.45, 2.75) is 38.6 Å². The van der Waals surface area contributed by atoms with Gasteiger partial charge < -0.3 is 29.6 Å². The lowest BCUT2D eigenvalue weighted by Crippen LogP contribution is -2.39. The molecule has 0 aromatic carbocycles. The fourth-order valence-electron chi connectivity index (χ4n) is 5.15. The molecule has 0 bridgehead atoms. The van der Waals surface area contributed by atoms with E-state index in [9.17, 15) is 18.0 Å². The van der Waals surface area contributed by atoms with Crippen LogP contribution in [0.2, 0.25) is 0 Å². The molecule has 6 rings (SSSR count). The number of halogens is 3. The van der Waals surface area contributed by atoms with Crippen molar-refractivity contribution in [3.8, 4) is 17.4 Å². The van der Waals surface area contributed by atoms with Crippen LogP contribution >= 0.6 is 0 Å². The third kappa shape index (κ3) is 5.75. The summed E-state index contributed by atoms with van der Waals surface area (Å²) in [4.78, 5) is 32.5. The fourth-order valence-corrected chi connectivity index (χ4v) is 5.15. The highest BCUT2D eigenvalue weighted by molar-refractivity contribution is 5.89. The molecule has 4 aromatic heterocycles. The van der Waals surface area contributed by atoms with Crippen LogP contribution in [0.1, 0.15) is 28.9 Å². The Kier molecular flexibility index (Phi) is 6.89. The summed E-state index contributed by atoms with van der Waals surface area (Å²) in [6.45, 7) is 3.77. The van der Waals surface area contributed by atoms with Crippen molar-refractivity contribution in [3.05, 3.63) is 65.4 Å². The van der Waals surface area contributed by atoms with Crippen molar-refractivity contribution < 1.29 is 27.4 Å². The maximum atomic E-state index is 13.8. The van der Waals surface area contributed by atoms with Gasteiger partial charge in [0.1, 0.15) is 28.8 Å². The van der Waals surface area contributed by atoms with E-state index < -0.39 is 23.7 Å². The molecule has 13 heteroatoms. The largest absolute Gasteiger partial charge is 0.473 e. The molecule has 6 heterocycles. The molecule has 2 aliphatic rings. The molecule has 1 saturated heterocycles. The van der Waals surface area contributed by atoms with Crippen LogP contribution in [-0.4, -0.2) is 68.6 Å². The summed E-state index contributed by atoms with van der Waals surface area (Å²) in [6, 6.07) is 5.86. The van der Waals surface area contributed by atoms with E-state index in [1.165, 1.54) is 11.1 Å².